The number of imidazole rings is 1. The van der Waals surface area contributed by atoms with E-state index in [1.165, 1.54) is 22.2 Å². The van der Waals surface area contributed by atoms with Gasteiger partial charge in [0, 0.05) is 29.6 Å². The molecule has 1 atom stereocenters. The smallest absolute Gasteiger partial charge is 0.134 e. The van der Waals surface area contributed by atoms with Crippen molar-refractivity contribution in [1.29, 1.82) is 0 Å². The molecular weight excluding hydrogens is 250 g/mol. The lowest BCUT2D eigenvalue weighted by Gasteiger charge is -2.21. The molecule has 3 heterocycles. The average Bonchev–Trinajstić information content (AvgIpc) is 3.04. The Kier molecular flexibility index (Phi) is 2.47. The monoisotopic (exact) mass is 267 g/mol. The minimum absolute atomic E-state index is 0.0534. The molecule has 0 spiro atoms. The molecule has 3 aromatic rings. The summed E-state index contributed by atoms with van der Waals surface area (Å²) in [5.41, 5.74) is 5.69. The number of furan rings is 1. The molecule has 1 aliphatic rings. The summed E-state index contributed by atoms with van der Waals surface area (Å²) in [6, 6.07) is 6.38. The van der Waals surface area contributed by atoms with Crippen molar-refractivity contribution in [1.82, 2.24) is 15.3 Å². The number of H-pyrrole nitrogens is 1. The minimum atomic E-state index is 0.0534. The molecule has 2 N–H and O–H groups in total. The van der Waals surface area contributed by atoms with Crippen LogP contribution in [0.2, 0.25) is 0 Å². The quantitative estimate of drug-likeness (QED) is 0.712. The molecule has 4 rings (SSSR count). The third-order valence-corrected chi connectivity index (χ3v) is 4.14. The van der Waals surface area contributed by atoms with Crippen LogP contribution in [0.3, 0.4) is 0 Å². The number of aromatic amines is 1. The van der Waals surface area contributed by atoms with Gasteiger partial charge in [0.15, 0.2) is 0 Å². The molecule has 0 saturated heterocycles. The molecule has 0 radical (unpaired) electrons. The molecule has 1 aliphatic heterocycles. The summed E-state index contributed by atoms with van der Waals surface area (Å²) in [6.07, 6.45) is 2.76. The summed E-state index contributed by atoms with van der Waals surface area (Å²) in [4.78, 5) is 7.69. The van der Waals surface area contributed by atoms with Crippen molar-refractivity contribution in [3.8, 4) is 0 Å². The molecule has 20 heavy (non-hydrogen) atoms. The number of aromatic nitrogens is 2. The van der Waals surface area contributed by atoms with E-state index in [0.717, 1.165) is 30.0 Å². The number of nitrogens with zero attached hydrogens (tertiary/aromatic N) is 1. The third kappa shape index (κ3) is 1.61. The van der Waals surface area contributed by atoms with Gasteiger partial charge in [-0.25, -0.2) is 4.98 Å². The van der Waals surface area contributed by atoms with Gasteiger partial charge in [0.05, 0.1) is 12.0 Å². The van der Waals surface area contributed by atoms with E-state index >= 15 is 0 Å². The van der Waals surface area contributed by atoms with Crippen molar-refractivity contribution in [2.75, 3.05) is 6.54 Å². The largest absolute Gasteiger partial charge is 0.459 e. The number of nitrogens with one attached hydrogen (secondary N) is 2. The van der Waals surface area contributed by atoms with Crippen molar-refractivity contribution in [3.63, 3.8) is 0 Å². The second-order valence-corrected chi connectivity index (χ2v) is 5.49. The van der Waals surface area contributed by atoms with Gasteiger partial charge in [0.2, 0.25) is 0 Å². The maximum atomic E-state index is 6.10. The topological polar surface area (TPSA) is 53.9 Å². The first kappa shape index (κ1) is 11.7. The van der Waals surface area contributed by atoms with Crippen molar-refractivity contribution >= 4 is 11.0 Å². The summed E-state index contributed by atoms with van der Waals surface area (Å²) in [6.45, 7) is 5.18. The second kappa shape index (κ2) is 4.21. The van der Waals surface area contributed by atoms with E-state index in [1.807, 2.05) is 0 Å². The van der Waals surface area contributed by atoms with Gasteiger partial charge in [-0.15, -0.1) is 0 Å². The number of rotatable bonds is 1. The van der Waals surface area contributed by atoms with Gasteiger partial charge in [-0.05, 0) is 26.0 Å². The summed E-state index contributed by atoms with van der Waals surface area (Å²) in [5, 5.41) is 4.72. The lowest BCUT2D eigenvalue weighted by molar-refractivity contribution is 0.446. The first-order valence-electron chi connectivity index (χ1n) is 6.99. The lowest BCUT2D eigenvalue weighted by atomic mass is 10.00. The fourth-order valence-electron chi connectivity index (χ4n) is 3.06. The molecular formula is C16H17N3O. The van der Waals surface area contributed by atoms with Crippen molar-refractivity contribution < 1.29 is 4.42 Å². The number of fused-ring (bicyclic) bond motifs is 2. The highest BCUT2D eigenvalue weighted by Crippen LogP contribution is 2.34. The van der Waals surface area contributed by atoms with Crippen molar-refractivity contribution in [2.24, 2.45) is 0 Å². The van der Waals surface area contributed by atoms with Crippen molar-refractivity contribution in [2.45, 2.75) is 26.3 Å². The van der Waals surface area contributed by atoms with Crippen molar-refractivity contribution in [3.05, 3.63) is 52.8 Å². The zero-order chi connectivity index (χ0) is 13.7. The average molecular weight is 267 g/mol. The Hall–Kier alpha value is -2.07. The molecule has 0 saturated carbocycles. The first-order valence-corrected chi connectivity index (χ1v) is 6.99. The summed E-state index contributed by atoms with van der Waals surface area (Å²) in [5.74, 6) is 0.985. The molecule has 0 bridgehead atoms. The highest BCUT2D eigenvalue weighted by atomic mass is 16.3. The van der Waals surface area contributed by atoms with E-state index in [1.54, 1.807) is 6.33 Å². The summed E-state index contributed by atoms with van der Waals surface area (Å²) in [7, 11) is 0. The highest BCUT2D eigenvalue weighted by Gasteiger charge is 2.28. The van der Waals surface area contributed by atoms with Gasteiger partial charge in [0.25, 0.3) is 0 Å². The molecule has 0 aliphatic carbocycles. The van der Waals surface area contributed by atoms with Gasteiger partial charge in [0.1, 0.15) is 17.4 Å². The Labute approximate surface area is 117 Å². The van der Waals surface area contributed by atoms with E-state index in [2.05, 4.69) is 47.3 Å². The van der Waals surface area contributed by atoms with E-state index in [-0.39, 0.29) is 6.04 Å². The predicted octanol–water partition coefficient (Wildman–Crippen LogP) is 3.01. The standard InChI is InChI=1S/C16H17N3O/c1-9-3-4-13-11(7-9)10(2)16(20-13)15-14-12(5-6-17-15)18-8-19-14/h3-4,7-8,15,17H,5-6H2,1-2H3,(H,18,19). The fraction of sp³-hybridized carbons (Fsp3) is 0.312. The van der Waals surface area contributed by atoms with Crippen LogP contribution in [0.5, 0.6) is 0 Å². The maximum absolute atomic E-state index is 6.10. The van der Waals surface area contributed by atoms with Crippen LogP contribution in [0.25, 0.3) is 11.0 Å². The maximum Gasteiger partial charge on any atom is 0.134 e. The van der Waals surface area contributed by atoms with E-state index in [4.69, 9.17) is 4.42 Å². The van der Waals surface area contributed by atoms with Gasteiger partial charge < -0.3 is 14.7 Å². The van der Waals surface area contributed by atoms with Crippen LogP contribution in [-0.2, 0) is 6.42 Å². The lowest BCUT2D eigenvalue weighted by Crippen LogP contribution is -2.30. The molecule has 1 aromatic carbocycles. The van der Waals surface area contributed by atoms with E-state index < -0.39 is 0 Å². The van der Waals surface area contributed by atoms with Gasteiger partial charge in [-0.3, -0.25) is 0 Å². The first-order chi connectivity index (χ1) is 9.74. The van der Waals surface area contributed by atoms with E-state index in [9.17, 15) is 0 Å². The van der Waals surface area contributed by atoms with Crippen LogP contribution < -0.4 is 5.32 Å². The van der Waals surface area contributed by atoms with Gasteiger partial charge in [-0.2, -0.15) is 0 Å². The Bertz CT molecular complexity index is 784. The van der Waals surface area contributed by atoms with Crippen LogP contribution in [0, 0.1) is 13.8 Å². The highest BCUT2D eigenvalue weighted by molar-refractivity contribution is 5.83. The zero-order valence-electron chi connectivity index (χ0n) is 11.7. The minimum Gasteiger partial charge on any atom is -0.459 e. The Morgan fingerprint density at radius 2 is 2.20 bits per heavy atom. The van der Waals surface area contributed by atoms with E-state index in [0.29, 0.717) is 0 Å². The van der Waals surface area contributed by atoms with Gasteiger partial charge in [-0.1, -0.05) is 11.6 Å². The normalized spacial score (nSPS) is 18.4. The van der Waals surface area contributed by atoms with Gasteiger partial charge >= 0.3 is 0 Å². The molecule has 0 fully saturated rings. The predicted molar refractivity (Wildman–Crippen MR) is 77.8 cm³/mol. The van der Waals surface area contributed by atoms with Crippen LogP contribution in [0.4, 0.5) is 0 Å². The number of benzene rings is 1. The fourth-order valence-corrected chi connectivity index (χ4v) is 3.06. The summed E-state index contributed by atoms with van der Waals surface area (Å²) < 4.78 is 6.10. The Balaban J connectivity index is 1.90. The molecule has 1 unspecified atom stereocenters. The van der Waals surface area contributed by atoms with Crippen LogP contribution in [0.1, 0.15) is 34.3 Å². The van der Waals surface area contributed by atoms with Crippen LogP contribution >= 0.6 is 0 Å². The second-order valence-electron chi connectivity index (χ2n) is 5.49. The molecule has 0 amide bonds. The zero-order valence-corrected chi connectivity index (χ0v) is 11.7. The Morgan fingerprint density at radius 1 is 1.30 bits per heavy atom. The number of hydrogen-bond donors (Lipinski definition) is 2. The molecule has 2 aromatic heterocycles. The third-order valence-electron chi connectivity index (χ3n) is 4.14. The van der Waals surface area contributed by atoms with Crippen LogP contribution in [-0.4, -0.2) is 16.5 Å². The molecule has 102 valence electrons. The number of hydrogen-bond acceptors (Lipinski definition) is 3. The SMILES string of the molecule is Cc1ccc2oc(C3NCCc4[nH]cnc43)c(C)c2c1. The molecule has 4 nitrogen and oxygen atoms in total. The molecule has 4 heteroatoms. The Morgan fingerprint density at radius 3 is 3.10 bits per heavy atom. The number of aryl methyl sites for hydroxylation is 2. The summed E-state index contributed by atoms with van der Waals surface area (Å²) >= 11 is 0. The van der Waals surface area contributed by atoms with Crippen LogP contribution in [0.15, 0.2) is 28.9 Å².